The fourth-order valence-corrected chi connectivity index (χ4v) is 5.24. The number of amides is 2. The number of hydrogen-bond donors (Lipinski definition) is 1. The Hall–Kier alpha value is -2.08. The molecule has 0 aromatic heterocycles. The Bertz CT molecular complexity index is 697. The van der Waals surface area contributed by atoms with Crippen molar-refractivity contribution in [3.8, 4) is 5.75 Å². The first-order chi connectivity index (χ1) is 13.1. The molecule has 6 nitrogen and oxygen atoms in total. The molecule has 1 aromatic carbocycles. The minimum atomic E-state index is -0.456. The van der Waals surface area contributed by atoms with Crippen LogP contribution in [0.5, 0.6) is 5.75 Å². The standard InChI is InChI=1S/C21H29N3O3/c1-3-10-22-20(25)21(26)24-13-17(14-4-6-16(27-2)7-5-14)19-18(24)15-8-11-23(19)12-9-15/h4-7,15,17-19H,3,8-13H2,1-2H3,(H,22,25)/t17-,18+,19+/m1/s1. The number of likely N-dealkylation sites (tertiary alicyclic amines) is 1. The molecule has 4 saturated heterocycles. The van der Waals surface area contributed by atoms with Gasteiger partial charge in [-0.05, 0) is 56.0 Å². The van der Waals surface area contributed by atoms with Gasteiger partial charge in [0.05, 0.1) is 13.2 Å². The summed E-state index contributed by atoms with van der Waals surface area (Å²) in [7, 11) is 1.67. The Morgan fingerprint density at radius 3 is 2.48 bits per heavy atom. The number of hydrogen-bond acceptors (Lipinski definition) is 4. The Kier molecular flexibility index (Phi) is 5.08. The molecule has 4 aliphatic rings. The normalized spacial score (nSPS) is 31.5. The molecule has 0 aliphatic carbocycles. The third kappa shape index (κ3) is 3.20. The lowest BCUT2D eigenvalue weighted by atomic mass is 9.75. The number of piperidine rings is 3. The number of rotatable bonds is 4. The highest BCUT2D eigenvalue weighted by atomic mass is 16.5. The van der Waals surface area contributed by atoms with Crippen molar-refractivity contribution in [2.75, 3.05) is 33.3 Å². The van der Waals surface area contributed by atoms with Crippen LogP contribution in [-0.4, -0.2) is 67.0 Å². The molecule has 27 heavy (non-hydrogen) atoms. The maximum atomic E-state index is 12.9. The molecule has 1 aromatic rings. The number of methoxy groups -OCH3 is 1. The fourth-order valence-electron chi connectivity index (χ4n) is 5.24. The maximum absolute atomic E-state index is 12.9. The van der Waals surface area contributed by atoms with Crippen LogP contribution in [-0.2, 0) is 9.59 Å². The van der Waals surface area contributed by atoms with Gasteiger partial charge in [-0.1, -0.05) is 19.1 Å². The van der Waals surface area contributed by atoms with E-state index < -0.39 is 5.91 Å². The molecule has 0 unspecified atom stereocenters. The quantitative estimate of drug-likeness (QED) is 0.817. The van der Waals surface area contributed by atoms with E-state index >= 15 is 0 Å². The van der Waals surface area contributed by atoms with E-state index in [1.807, 2.05) is 24.0 Å². The van der Waals surface area contributed by atoms with Gasteiger partial charge in [0.25, 0.3) is 0 Å². The van der Waals surface area contributed by atoms with Crippen molar-refractivity contribution in [1.29, 1.82) is 0 Å². The molecule has 0 spiro atoms. The van der Waals surface area contributed by atoms with E-state index in [1.165, 1.54) is 5.56 Å². The lowest BCUT2D eigenvalue weighted by Crippen LogP contribution is -2.61. The van der Waals surface area contributed by atoms with Crippen molar-refractivity contribution in [3.63, 3.8) is 0 Å². The van der Waals surface area contributed by atoms with Gasteiger partial charge < -0.3 is 15.0 Å². The topological polar surface area (TPSA) is 61.9 Å². The van der Waals surface area contributed by atoms with Gasteiger partial charge in [-0.25, -0.2) is 0 Å². The highest BCUT2D eigenvalue weighted by molar-refractivity contribution is 6.35. The molecule has 6 heteroatoms. The number of carbonyl (C=O) groups excluding carboxylic acids is 2. The van der Waals surface area contributed by atoms with E-state index in [0.29, 0.717) is 25.0 Å². The van der Waals surface area contributed by atoms with E-state index in [0.717, 1.165) is 38.1 Å². The van der Waals surface area contributed by atoms with Crippen LogP contribution in [0.25, 0.3) is 0 Å². The van der Waals surface area contributed by atoms with Crippen molar-refractivity contribution in [2.45, 2.75) is 44.2 Å². The van der Waals surface area contributed by atoms with Crippen LogP contribution < -0.4 is 10.1 Å². The van der Waals surface area contributed by atoms with Crippen LogP contribution in [0.15, 0.2) is 24.3 Å². The number of carbonyl (C=O) groups is 2. The lowest BCUT2D eigenvalue weighted by Gasteiger charge is -2.51. The molecule has 4 aliphatic heterocycles. The highest BCUT2D eigenvalue weighted by Gasteiger charge is 2.55. The summed E-state index contributed by atoms with van der Waals surface area (Å²) in [6.07, 6.45) is 3.07. The van der Waals surface area contributed by atoms with Crippen molar-refractivity contribution in [1.82, 2.24) is 15.1 Å². The molecule has 0 saturated carbocycles. The molecule has 5 rings (SSSR count). The number of fused-ring (bicyclic) bond motifs is 2. The molecular weight excluding hydrogens is 342 g/mol. The summed E-state index contributed by atoms with van der Waals surface area (Å²) in [6.45, 7) is 5.35. The van der Waals surface area contributed by atoms with Crippen LogP contribution in [0.4, 0.5) is 0 Å². The van der Waals surface area contributed by atoms with Crippen molar-refractivity contribution >= 4 is 11.8 Å². The first-order valence-corrected chi connectivity index (χ1v) is 10.1. The van der Waals surface area contributed by atoms with Gasteiger partial charge in [-0.3, -0.25) is 14.5 Å². The molecule has 4 fully saturated rings. The third-order valence-electron chi connectivity index (χ3n) is 6.53. The Labute approximate surface area is 160 Å². The molecule has 1 N–H and O–H groups in total. The molecule has 146 valence electrons. The van der Waals surface area contributed by atoms with Crippen LogP contribution >= 0.6 is 0 Å². The number of benzene rings is 1. The minimum Gasteiger partial charge on any atom is -0.497 e. The summed E-state index contributed by atoms with van der Waals surface area (Å²) < 4.78 is 5.29. The Balaban J connectivity index is 1.61. The van der Waals surface area contributed by atoms with E-state index in [-0.39, 0.29) is 17.9 Å². The second-order valence-electron chi connectivity index (χ2n) is 7.95. The van der Waals surface area contributed by atoms with Gasteiger partial charge >= 0.3 is 11.8 Å². The van der Waals surface area contributed by atoms with Gasteiger partial charge in [0.2, 0.25) is 0 Å². The zero-order valence-corrected chi connectivity index (χ0v) is 16.2. The SMILES string of the molecule is CCCNC(=O)C(=O)N1C[C@H](c2ccc(OC)cc2)[C@H]2[C@@H]1C1CCN2CC1. The largest absolute Gasteiger partial charge is 0.497 e. The molecule has 0 radical (unpaired) electrons. The first kappa shape index (κ1) is 18.3. The molecule has 2 bridgehead atoms. The predicted octanol–water partition coefficient (Wildman–Crippen LogP) is 1.61. The van der Waals surface area contributed by atoms with Gasteiger partial charge in [-0.2, -0.15) is 0 Å². The second-order valence-corrected chi connectivity index (χ2v) is 7.95. The zero-order chi connectivity index (χ0) is 19.0. The monoisotopic (exact) mass is 371 g/mol. The van der Waals surface area contributed by atoms with Crippen LogP contribution in [0.3, 0.4) is 0 Å². The second kappa shape index (κ2) is 7.50. The van der Waals surface area contributed by atoms with Gasteiger partial charge in [0.1, 0.15) is 5.75 Å². The van der Waals surface area contributed by atoms with Gasteiger partial charge in [-0.15, -0.1) is 0 Å². The maximum Gasteiger partial charge on any atom is 0.312 e. The summed E-state index contributed by atoms with van der Waals surface area (Å²) in [5, 5.41) is 2.76. The average molecular weight is 371 g/mol. The minimum absolute atomic E-state index is 0.152. The summed E-state index contributed by atoms with van der Waals surface area (Å²) in [5.74, 6) is 0.773. The third-order valence-corrected chi connectivity index (χ3v) is 6.53. The van der Waals surface area contributed by atoms with Crippen molar-refractivity contribution in [2.24, 2.45) is 5.92 Å². The number of nitrogens with one attached hydrogen (secondary N) is 1. The molecule has 3 atom stereocenters. The molecular formula is C21H29N3O3. The predicted molar refractivity (Wildman–Crippen MR) is 103 cm³/mol. The first-order valence-electron chi connectivity index (χ1n) is 10.1. The smallest absolute Gasteiger partial charge is 0.312 e. The highest BCUT2D eigenvalue weighted by Crippen LogP contribution is 2.46. The summed E-state index contributed by atoms with van der Waals surface area (Å²) in [4.78, 5) is 29.7. The van der Waals surface area contributed by atoms with E-state index in [4.69, 9.17) is 4.74 Å². The summed E-state index contributed by atoms with van der Waals surface area (Å²) in [6, 6.07) is 8.65. The lowest BCUT2D eigenvalue weighted by molar-refractivity contribution is -0.148. The zero-order valence-electron chi connectivity index (χ0n) is 16.2. The molecule has 4 heterocycles. The molecule has 2 amide bonds. The van der Waals surface area contributed by atoms with Crippen LogP contribution in [0, 0.1) is 5.92 Å². The van der Waals surface area contributed by atoms with E-state index in [2.05, 4.69) is 22.3 Å². The van der Waals surface area contributed by atoms with Gasteiger partial charge in [0, 0.05) is 25.0 Å². The van der Waals surface area contributed by atoms with Crippen molar-refractivity contribution < 1.29 is 14.3 Å². The number of ether oxygens (including phenoxy) is 1. The van der Waals surface area contributed by atoms with E-state index in [1.54, 1.807) is 7.11 Å². The number of nitrogens with zero attached hydrogens (tertiary/aromatic N) is 2. The fraction of sp³-hybridized carbons (Fsp3) is 0.619. The van der Waals surface area contributed by atoms with Crippen LogP contribution in [0.2, 0.25) is 0 Å². The van der Waals surface area contributed by atoms with E-state index in [9.17, 15) is 9.59 Å². The van der Waals surface area contributed by atoms with Crippen molar-refractivity contribution in [3.05, 3.63) is 29.8 Å². The van der Waals surface area contributed by atoms with Crippen LogP contribution in [0.1, 0.15) is 37.7 Å². The summed E-state index contributed by atoms with van der Waals surface area (Å²) >= 11 is 0. The average Bonchev–Trinajstić information content (AvgIpc) is 3.15. The van der Waals surface area contributed by atoms with Gasteiger partial charge in [0.15, 0.2) is 0 Å². The Morgan fingerprint density at radius 1 is 1.15 bits per heavy atom. The Morgan fingerprint density at radius 2 is 1.85 bits per heavy atom. The summed E-state index contributed by atoms with van der Waals surface area (Å²) in [5.41, 5.74) is 1.22.